The van der Waals surface area contributed by atoms with Crippen molar-refractivity contribution in [3.63, 3.8) is 0 Å². The first-order valence-corrected chi connectivity index (χ1v) is 13.7. The van der Waals surface area contributed by atoms with E-state index < -0.39 is 5.60 Å². The zero-order chi connectivity index (χ0) is 27.9. The summed E-state index contributed by atoms with van der Waals surface area (Å²) in [4.78, 5) is 47.3. The van der Waals surface area contributed by atoms with E-state index in [0.29, 0.717) is 34.6 Å². The summed E-state index contributed by atoms with van der Waals surface area (Å²) < 4.78 is 5.91. The van der Waals surface area contributed by atoms with Crippen molar-refractivity contribution in [2.75, 3.05) is 11.4 Å². The third-order valence-corrected chi connectivity index (χ3v) is 8.40. The number of amides is 1. The predicted octanol–water partition coefficient (Wildman–Crippen LogP) is 5.11. The van der Waals surface area contributed by atoms with Crippen molar-refractivity contribution in [1.82, 2.24) is 15.3 Å². The summed E-state index contributed by atoms with van der Waals surface area (Å²) in [6.45, 7) is 8.57. The summed E-state index contributed by atoms with van der Waals surface area (Å²) in [5, 5.41) is 3.38. The maximum Gasteiger partial charge on any atom is 0.341 e. The Morgan fingerprint density at radius 1 is 1.21 bits per heavy atom. The van der Waals surface area contributed by atoms with Crippen molar-refractivity contribution in [1.29, 1.82) is 0 Å². The highest BCUT2D eigenvalue weighted by atomic mass is 35.5. The number of pyridine rings is 2. The third kappa shape index (κ3) is 4.93. The van der Waals surface area contributed by atoms with Gasteiger partial charge in [0.1, 0.15) is 5.60 Å². The molecule has 1 aliphatic carbocycles. The zero-order valence-corrected chi connectivity index (χ0v) is 23.4. The zero-order valence-electron chi connectivity index (χ0n) is 22.7. The first-order chi connectivity index (χ1) is 18.6. The molecule has 0 bridgehead atoms. The number of fused-ring (bicyclic) bond motifs is 2. The van der Waals surface area contributed by atoms with Crippen LogP contribution in [-0.2, 0) is 16.9 Å². The normalized spacial score (nSPS) is 20.0. The van der Waals surface area contributed by atoms with Crippen LogP contribution in [0.2, 0.25) is 5.02 Å². The SMILES string of the molecule is CCN(c1cc(Cl)cc(C(=O)NCc2c(C)cc(C)[nH]c2=O)c1C)C1CCC2(CC1)OC(=O)c1cnccc12. The number of rotatable bonds is 6. The Balaban J connectivity index is 1.35. The molecule has 9 heteroatoms. The number of benzene rings is 1. The highest BCUT2D eigenvalue weighted by molar-refractivity contribution is 6.31. The predicted molar refractivity (Wildman–Crippen MR) is 151 cm³/mol. The van der Waals surface area contributed by atoms with Crippen LogP contribution >= 0.6 is 11.6 Å². The summed E-state index contributed by atoms with van der Waals surface area (Å²) in [7, 11) is 0. The average molecular weight is 549 g/mol. The van der Waals surface area contributed by atoms with Crippen LogP contribution < -0.4 is 15.8 Å². The van der Waals surface area contributed by atoms with Gasteiger partial charge in [0.2, 0.25) is 0 Å². The molecule has 1 aromatic carbocycles. The van der Waals surface area contributed by atoms with Crippen LogP contribution in [0.15, 0.2) is 41.5 Å². The number of nitrogens with zero attached hydrogens (tertiary/aromatic N) is 2. The molecule has 1 spiro atoms. The van der Waals surface area contributed by atoms with Crippen molar-refractivity contribution in [2.45, 2.75) is 71.6 Å². The fourth-order valence-electron chi connectivity index (χ4n) is 6.18. The molecule has 0 radical (unpaired) electrons. The highest BCUT2D eigenvalue weighted by Gasteiger charge is 2.48. The summed E-state index contributed by atoms with van der Waals surface area (Å²) in [6.07, 6.45) is 6.39. The van der Waals surface area contributed by atoms with Gasteiger partial charge in [0.05, 0.1) is 5.56 Å². The minimum absolute atomic E-state index is 0.124. The second kappa shape index (κ2) is 10.5. The smallest absolute Gasteiger partial charge is 0.341 e. The molecular weight excluding hydrogens is 516 g/mol. The lowest BCUT2D eigenvalue weighted by Gasteiger charge is -2.42. The number of carbonyl (C=O) groups excluding carboxylic acids is 2. The molecule has 0 atom stereocenters. The number of esters is 1. The first-order valence-electron chi connectivity index (χ1n) is 13.4. The Bertz CT molecular complexity index is 1510. The number of aromatic amines is 1. The monoisotopic (exact) mass is 548 g/mol. The molecular formula is C30H33ClN4O4. The van der Waals surface area contributed by atoms with Gasteiger partial charge in [-0.3, -0.25) is 14.6 Å². The maximum atomic E-state index is 13.3. The minimum atomic E-state index is -0.592. The van der Waals surface area contributed by atoms with Gasteiger partial charge in [0.25, 0.3) is 11.5 Å². The van der Waals surface area contributed by atoms with Crippen LogP contribution in [0.3, 0.4) is 0 Å². The van der Waals surface area contributed by atoms with Gasteiger partial charge in [-0.1, -0.05) is 11.6 Å². The molecule has 8 nitrogen and oxygen atoms in total. The Labute approximate surface area is 232 Å². The summed E-state index contributed by atoms with van der Waals surface area (Å²) in [6, 6.07) is 7.57. The van der Waals surface area contributed by atoms with E-state index in [0.717, 1.165) is 47.5 Å². The molecule has 1 fully saturated rings. The van der Waals surface area contributed by atoms with Gasteiger partial charge >= 0.3 is 5.97 Å². The van der Waals surface area contributed by atoms with Crippen molar-refractivity contribution in [3.05, 3.63) is 91.1 Å². The average Bonchev–Trinajstić information content (AvgIpc) is 3.17. The fraction of sp³-hybridized carbons (Fsp3) is 0.400. The van der Waals surface area contributed by atoms with Crippen LogP contribution in [0.1, 0.15) is 81.3 Å². The molecule has 2 N–H and O–H groups in total. The summed E-state index contributed by atoms with van der Waals surface area (Å²) in [5.41, 5.74) is 5.08. The van der Waals surface area contributed by atoms with Crippen LogP contribution in [0.25, 0.3) is 0 Å². The standard InChI is InChI=1S/C30H33ClN4O4/c1-5-35(21-6-9-30(10-7-21)25-8-11-32-15-24(25)29(38)39-30)26-14-20(31)13-22(19(26)4)27(36)33-16-23-17(2)12-18(3)34-28(23)37/h8,11-15,21H,5-7,9-10,16H2,1-4H3,(H,33,36)(H,34,37). The molecule has 1 saturated carbocycles. The number of H-pyrrole nitrogens is 1. The van der Waals surface area contributed by atoms with E-state index in [1.807, 2.05) is 39.0 Å². The van der Waals surface area contributed by atoms with Crippen LogP contribution in [-0.4, -0.2) is 34.4 Å². The molecule has 3 aromatic rings. The van der Waals surface area contributed by atoms with Gasteiger partial charge < -0.3 is 19.9 Å². The summed E-state index contributed by atoms with van der Waals surface area (Å²) in [5.74, 6) is -0.578. The lowest BCUT2D eigenvalue weighted by atomic mass is 9.77. The van der Waals surface area contributed by atoms with Gasteiger partial charge in [-0.05, 0) is 88.8 Å². The van der Waals surface area contributed by atoms with Crippen LogP contribution in [0.4, 0.5) is 5.69 Å². The first kappa shape index (κ1) is 26.9. The van der Waals surface area contributed by atoms with Crippen molar-refractivity contribution >= 4 is 29.2 Å². The van der Waals surface area contributed by atoms with Gasteiger partial charge in [-0.25, -0.2) is 4.79 Å². The van der Waals surface area contributed by atoms with Crippen LogP contribution in [0, 0.1) is 20.8 Å². The third-order valence-electron chi connectivity index (χ3n) is 8.18. The Kier molecular flexibility index (Phi) is 7.25. The molecule has 5 rings (SSSR count). The van der Waals surface area contributed by atoms with Gasteiger partial charge in [-0.2, -0.15) is 0 Å². The lowest BCUT2D eigenvalue weighted by molar-refractivity contribution is -0.0308. The Morgan fingerprint density at radius 3 is 2.64 bits per heavy atom. The molecule has 39 heavy (non-hydrogen) atoms. The number of anilines is 1. The fourth-order valence-corrected chi connectivity index (χ4v) is 6.40. The van der Waals surface area contributed by atoms with Crippen molar-refractivity contribution in [2.24, 2.45) is 0 Å². The van der Waals surface area contributed by atoms with E-state index in [1.54, 1.807) is 18.5 Å². The number of carbonyl (C=O) groups is 2. The molecule has 2 aliphatic rings. The summed E-state index contributed by atoms with van der Waals surface area (Å²) >= 11 is 6.54. The molecule has 2 aromatic heterocycles. The topological polar surface area (TPSA) is 104 Å². The van der Waals surface area contributed by atoms with E-state index in [2.05, 4.69) is 27.1 Å². The van der Waals surface area contributed by atoms with Crippen molar-refractivity contribution in [3.8, 4) is 0 Å². The maximum absolute atomic E-state index is 13.3. The Morgan fingerprint density at radius 2 is 1.95 bits per heavy atom. The van der Waals surface area contributed by atoms with E-state index >= 15 is 0 Å². The molecule has 1 amide bonds. The molecule has 0 saturated heterocycles. The largest absolute Gasteiger partial charge is 0.451 e. The molecule has 0 unspecified atom stereocenters. The number of halogens is 1. The lowest BCUT2D eigenvalue weighted by Crippen LogP contribution is -2.43. The highest BCUT2D eigenvalue weighted by Crippen LogP contribution is 2.48. The van der Waals surface area contributed by atoms with E-state index in [-0.39, 0.29) is 30.0 Å². The molecule has 1 aliphatic heterocycles. The number of nitrogens with one attached hydrogen (secondary N) is 2. The second-order valence-corrected chi connectivity index (χ2v) is 11.0. The number of aromatic nitrogens is 2. The number of hydrogen-bond donors (Lipinski definition) is 2. The van der Waals surface area contributed by atoms with Gasteiger partial charge in [-0.15, -0.1) is 0 Å². The van der Waals surface area contributed by atoms with E-state index in [9.17, 15) is 14.4 Å². The number of hydrogen-bond acceptors (Lipinski definition) is 6. The van der Waals surface area contributed by atoms with E-state index in [4.69, 9.17) is 16.3 Å². The minimum Gasteiger partial charge on any atom is -0.451 e. The quantitative estimate of drug-likeness (QED) is 0.415. The van der Waals surface area contributed by atoms with Gasteiger partial charge in [0.15, 0.2) is 0 Å². The molecule has 3 heterocycles. The van der Waals surface area contributed by atoms with Crippen LogP contribution in [0.5, 0.6) is 0 Å². The number of aryl methyl sites for hydroxylation is 2. The Hall–Kier alpha value is -3.65. The van der Waals surface area contributed by atoms with Gasteiger partial charge in [0, 0.05) is 64.6 Å². The number of ether oxygens (including phenoxy) is 1. The second-order valence-electron chi connectivity index (χ2n) is 10.5. The van der Waals surface area contributed by atoms with Crippen molar-refractivity contribution < 1.29 is 14.3 Å². The van der Waals surface area contributed by atoms with E-state index in [1.165, 1.54) is 0 Å². The molecule has 204 valence electrons.